The van der Waals surface area contributed by atoms with Crippen molar-refractivity contribution in [2.24, 2.45) is 5.92 Å². The topological polar surface area (TPSA) is 70.8 Å². The van der Waals surface area contributed by atoms with E-state index in [-0.39, 0.29) is 48.7 Å². The molecule has 0 unspecified atom stereocenters. The van der Waals surface area contributed by atoms with Gasteiger partial charge in [0.2, 0.25) is 15.9 Å². The van der Waals surface area contributed by atoms with Crippen molar-refractivity contribution in [3.63, 3.8) is 0 Å². The molecule has 1 heterocycles. The van der Waals surface area contributed by atoms with Crippen molar-refractivity contribution in [2.75, 3.05) is 13.1 Å². The molecule has 0 spiro atoms. The van der Waals surface area contributed by atoms with Crippen LogP contribution in [0.4, 0.5) is 4.39 Å². The summed E-state index contributed by atoms with van der Waals surface area (Å²) in [5.41, 5.74) is 1.68. The van der Waals surface area contributed by atoms with Crippen molar-refractivity contribution in [3.05, 3.63) is 89.6 Å². The Labute approximate surface area is 194 Å². The van der Waals surface area contributed by atoms with E-state index in [0.29, 0.717) is 5.76 Å². The van der Waals surface area contributed by atoms with Crippen molar-refractivity contribution < 1.29 is 22.0 Å². The van der Waals surface area contributed by atoms with Gasteiger partial charge in [0.05, 0.1) is 24.2 Å². The van der Waals surface area contributed by atoms with Crippen LogP contribution in [0.5, 0.6) is 0 Å². The van der Waals surface area contributed by atoms with Gasteiger partial charge >= 0.3 is 0 Å². The quantitative estimate of drug-likeness (QED) is 0.432. The molecule has 0 aliphatic carbocycles. The highest BCUT2D eigenvalue weighted by molar-refractivity contribution is 7.89. The Kier molecular flexibility index (Phi) is 8.05. The first-order valence-electron chi connectivity index (χ1n) is 10.8. The predicted octanol–water partition coefficient (Wildman–Crippen LogP) is 4.60. The smallest absolute Gasteiger partial charge is 0.243 e. The Morgan fingerprint density at radius 2 is 1.67 bits per heavy atom. The van der Waals surface area contributed by atoms with Crippen LogP contribution in [0.25, 0.3) is 0 Å². The Morgan fingerprint density at radius 1 is 1.00 bits per heavy atom. The molecule has 0 aliphatic rings. The molecule has 0 bridgehead atoms. The summed E-state index contributed by atoms with van der Waals surface area (Å²) >= 11 is 0. The molecule has 176 valence electrons. The summed E-state index contributed by atoms with van der Waals surface area (Å²) < 4.78 is 46.6. The maximum Gasteiger partial charge on any atom is 0.243 e. The minimum absolute atomic E-state index is 0.0219. The number of carbonyl (C=O) groups excluding carboxylic acids is 1. The summed E-state index contributed by atoms with van der Waals surface area (Å²) in [6.07, 6.45) is 1.52. The Morgan fingerprint density at radius 3 is 2.24 bits per heavy atom. The lowest BCUT2D eigenvalue weighted by Gasteiger charge is -2.28. The van der Waals surface area contributed by atoms with Crippen LogP contribution in [0.15, 0.2) is 76.2 Å². The number of halogens is 1. The third kappa shape index (κ3) is 6.76. The van der Waals surface area contributed by atoms with E-state index in [1.165, 1.54) is 27.6 Å². The van der Waals surface area contributed by atoms with Gasteiger partial charge in [-0.1, -0.05) is 43.7 Å². The number of hydrogen-bond donors (Lipinski definition) is 0. The monoisotopic (exact) mass is 472 g/mol. The maximum atomic E-state index is 13.4. The first kappa shape index (κ1) is 24.7. The van der Waals surface area contributed by atoms with Gasteiger partial charge in [0, 0.05) is 13.1 Å². The Balaban J connectivity index is 1.86. The minimum atomic E-state index is -3.87. The summed E-state index contributed by atoms with van der Waals surface area (Å²) in [6, 6.07) is 15.9. The zero-order chi connectivity index (χ0) is 24.0. The summed E-state index contributed by atoms with van der Waals surface area (Å²) in [4.78, 5) is 15.0. The first-order chi connectivity index (χ1) is 15.6. The fourth-order valence-corrected chi connectivity index (χ4v) is 4.95. The highest BCUT2D eigenvalue weighted by atomic mass is 32.2. The van der Waals surface area contributed by atoms with Crippen LogP contribution in [0, 0.1) is 18.7 Å². The third-order valence-corrected chi connectivity index (χ3v) is 6.93. The number of carbonyl (C=O) groups is 1. The van der Waals surface area contributed by atoms with E-state index < -0.39 is 10.0 Å². The molecule has 0 radical (unpaired) electrons. The van der Waals surface area contributed by atoms with E-state index in [4.69, 9.17) is 4.42 Å². The first-order valence-corrected chi connectivity index (χ1v) is 12.2. The van der Waals surface area contributed by atoms with Gasteiger partial charge in [-0.15, -0.1) is 0 Å². The number of hydrogen-bond acceptors (Lipinski definition) is 4. The molecule has 0 saturated carbocycles. The standard InChI is InChI=1S/C25H29FN2O4S/c1-19(2)15-28(33(30,31)24-12-6-20(3)7-13-24)18-25(29)27(17-23-5-4-14-32-23)16-21-8-10-22(26)11-9-21/h4-14,19H,15-18H2,1-3H3. The minimum Gasteiger partial charge on any atom is -0.467 e. The van der Waals surface area contributed by atoms with Crippen LogP contribution in [-0.2, 0) is 27.9 Å². The summed E-state index contributed by atoms with van der Waals surface area (Å²) in [6.45, 7) is 5.95. The van der Waals surface area contributed by atoms with Gasteiger partial charge in [-0.3, -0.25) is 4.79 Å². The second-order valence-electron chi connectivity index (χ2n) is 8.46. The van der Waals surface area contributed by atoms with Crippen molar-refractivity contribution in [3.8, 4) is 0 Å². The summed E-state index contributed by atoms with van der Waals surface area (Å²) in [5, 5.41) is 0. The fourth-order valence-electron chi connectivity index (χ4n) is 3.40. The molecule has 3 aromatic rings. The van der Waals surface area contributed by atoms with Crippen LogP contribution < -0.4 is 0 Å². The highest BCUT2D eigenvalue weighted by Crippen LogP contribution is 2.19. The molecule has 0 saturated heterocycles. The van der Waals surface area contributed by atoms with Crippen molar-refractivity contribution in [1.29, 1.82) is 0 Å². The summed E-state index contributed by atoms with van der Waals surface area (Å²) in [5.74, 6) is -0.141. The largest absolute Gasteiger partial charge is 0.467 e. The van der Waals surface area contributed by atoms with Crippen LogP contribution in [0.2, 0.25) is 0 Å². The molecule has 0 atom stereocenters. The zero-order valence-electron chi connectivity index (χ0n) is 19.1. The molecule has 6 nitrogen and oxygen atoms in total. The average molecular weight is 473 g/mol. The lowest BCUT2D eigenvalue weighted by Crippen LogP contribution is -2.43. The average Bonchev–Trinajstić information content (AvgIpc) is 3.27. The van der Waals surface area contributed by atoms with Crippen LogP contribution in [0.1, 0.15) is 30.7 Å². The number of nitrogens with zero attached hydrogens (tertiary/aromatic N) is 2. The molecule has 8 heteroatoms. The molecule has 33 heavy (non-hydrogen) atoms. The van der Waals surface area contributed by atoms with E-state index in [1.807, 2.05) is 20.8 Å². The van der Waals surface area contributed by atoms with Crippen LogP contribution in [0.3, 0.4) is 0 Å². The van der Waals surface area contributed by atoms with Crippen molar-refractivity contribution in [2.45, 2.75) is 38.8 Å². The third-order valence-electron chi connectivity index (χ3n) is 5.11. The van der Waals surface area contributed by atoms with E-state index in [1.54, 1.807) is 48.5 Å². The van der Waals surface area contributed by atoms with Crippen molar-refractivity contribution >= 4 is 15.9 Å². The predicted molar refractivity (Wildman–Crippen MR) is 124 cm³/mol. The lowest BCUT2D eigenvalue weighted by atomic mass is 10.2. The number of furan rings is 1. The van der Waals surface area contributed by atoms with E-state index in [2.05, 4.69) is 0 Å². The Hall–Kier alpha value is -2.97. The SMILES string of the molecule is Cc1ccc(S(=O)(=O)N(CC(=O)N(Cc2ccc(F)cc2)Cc2ccco2)CC(C)C)cc1. The van der Waals surface area contributed by atoms with Gasteiger partial charge in [0.1, 0.15) is 11.6 Å². The van der Waals surface area contributed by atoms with Gasteiger partial charge in [-0.05, 0) is 54.8 Å². The molecule has 3 rings (SSSR count). The van der Waals surface area contributed by atoms with E-state index in [0.717, 1.165) is 11.1 Å². The number of rotatable bonds is 10. The van der Waals surface area contributed by atoms with Gasteiger partial charge in [0.15, 0.2) is 0 Å². The second-order valence-corrected chi connectivity index (χ2v) is 10.4. The number of amides is 1. The molecule has 2 aromatic carbocycles. The van der Waals surface area contributed by atoms with E-state index >= 15 is 0 Å². The molecule has 0 fully saturated rings. The highest BCUT2D eigenvalue weighted by Gasteiger charge is 2.29. The number of benzene rings is 2. The molecule has 0 aliphatic heterocycles. The fraction of sp³-hybridized carbons (Fsp3) is 0.320. The van der Waals surface area contributed by atoms with Crippen LogP contribution >= 0.6 is 0 Å². The van der Waals surface area contributed by atoms with E-state index in [9.17, 15) is 17.6 Å². The normalized spacial score (nSPS) is 11.8. The molecule has 1 aromatic heterocycles. The number of sulfonamides is 1. The zero-order valence-corrected chi connectivity index (χ0v) is 19.9. The Bertz CT molecular complexity index is 1140. The number of aryl methyl sites for hydroxylation is 1. The van der Waals surface area contributed by atoms with Crippen molar-refractivity contribution in [1.82, 2.24) is 9.21 Å². The van der Waals surface area contributed by atoms with Gasteiger partial charge in [-0.2, -0.15) is 4.31 Å². The molecular weight excluding hydrogens is 443 g/mol. The second kappa shape index (κ2) is 10.8. The lowest BCUT2D eigenvalue weighted by molar-refractivity contribution is -0.133. The van der Waals surface area contributed by atoms with Crippen LogP contribution in [-0.4, -0.2) is 36.6 Å². The molecule has 1 amide bonds. The maximum absolute atomic E-state index is 13.4. The summed E-state index contributed by atoms with van der Waals surface area (Å²) in [7, 11) is -3.87. The molecule has 0 N–H and O–H groups in total. The van der Waals surface area contributed by atoms with Gasteiger partial charge in [-0.25, -0.2) is 12.8 Å². The molecular formula is C25H29FN2O4S. The van der Waals surface area contributed by atoms with Gasteiger partial charge < -0.3 is 9.32 Å². The van der Waals surface area contributed by atoms with Gasteiger partial charge in [0.25, 0.3) is 0 Å².